The molecular formula is C15H14ClN3O. The standard InChI is InChI=1S/C15H14ClN3O/c16-13-8-12(15(17)19-10-13)6-7-14(20)18-9-11-4-2-1-3-5-11/h1-8,10H,9H2,(H2,17,19)(H,18,20)/b7-6+. The van der Waals surface area contributed by atoms with Crippen LogP contribution < -0.4 is 11.1 Å². The number of hydrogen-bond acceptors (Lipinski definition) is 3. The third kappa shape index (κ3) is 4.10. The number of rotatable bonds is 4. The number of nitrogens with one attached hydrogen (secondary N) is 1. The predicted molar refractivity (Wildman–Crippen MR) is 81.0 cm³/mol. The van der Waals surface area contributed by atoms with Crippen molar-refractivity contribution in [3.63, 3.8) is 0 Å². The molecule has 1 aromatic carbocycles. The van der Waals surface area contributed by atoms with Crippen LogP contribution in [0.4, 0.5) is 5.82 Å². The van der Waals surface area contributed by atoms with Crippen molar-refractivity contribution in [3.8, 4) is 0 Å². The van der Waals surface area contributed by atoms with Crippen molar-refractivity contribution in [2.75, 3.05) is 5.73 Å². The second-order valence-corrected chi connectivity index (χ2v) is 4.60. The van der Waals surface area contributed by atoms with Gasteiger partial charge in [0.15, 0.2) is 0 Å². The van der Waals surface area contributed by atoms with Gasteiger partial charge in [-0.3, -0.25) is 4.79 Å². The number of nitrogens with zero attached hydrogens (tertiary/aromatic N) is 1. The van der Waals surface area contributed by atoms with Crippen molar-refractivity contribution in [2.24, 2.45) is 0 Å². The lowest BCUT2D eigenvalue weighted by molar-refractivity contribution is -0.116. The van der Waals surface area contributed by atoms with E-state index in [1.54, 1.807) is 12.1 Å². The van der Waals surface area contributed by atoms with Gasteiger partial charge < -0.3 is 11.1 Å². The van der Waals surface area contributed by atoms with E-state index in [9.17, 15) is 4.79 Å². The molecule has 0 aliphatic heterocycles. The zero-order valence-electron chi connectivity index (χ0n) is 10.7. The first-order valence-corrected chi connectivity index (χ1v) is 6.44. The van der Waals surface area contributed by atoms with Crippen molar-refractivity contribution in [1.29, 1.82) is 0 Å². The highest BCUT2D eigenvalue weighted by Gasteiger charge is 2.00. The first kappa shape index (κ1) is 14.1. The highest BCUT2D eigenvalue weighted by molar-refractivity contribution is 6.30. The molecule has 0 radical (unpaired) electrons. The second kappa shape index (κ2) is 6.73. The third-order valence-corrected chi connectivity index (χ3v) is 2.85. The van der Waals surface area contributed by atoms with Crippen LogP contribution in [0.15, 0.2) is 48.7 Å². The summed E-state index contributed by atoms with van der Waals surface area (Å²) in [4.78, 5) is 15.6. The molecule has 0 aliphatic rings. The van der Waals surface area contributed by atoms with E-state index in [-0.39, 0.29) is 5.91 Å². The summed E-state index contributed by atoms with van der Waals surface area (Å²) in [5.74, 6) is 0.134. The molecule has 1 heterocycles. The Bertz CT molecular complexity index is 626. The number of carbonyl (C=O) groups is 1. The number of carbonyl (C=O) groups excluding carboxylic acids is 1. The molecule has 0 bridgehead atoms. The first-order valence-electron chi connectivity index (χ1n) is 6.06. The number of amides is 1. The monoisotopic (exact) mass is 287 g/mol. The van der Waals surface area contributed by atoms with E-state index in [2.05, 4.69) is 10.3 Å². The maximum absolute atomic E-state index is 11.7. The van der Waals surface area contributed by atoms with Gasteiger partial charge in [-0.15, -0.1) is 0 Å². The van der Waals surface area contributed by atoms with E-state index in [1.165, 1.54) is 12.3 Å². The van der Waals surface area contributed by atoms with Gasteiger partial charge in [0, 0.05) is 24.4 Å². The number of halogens is 1. The molecule has 20 heavy (non-hydrogen) atoms. The molecule has 0 saturated heterocycles. The molecule has 1 aromatic heterocycles. The number of nitrogen functional groups attached to an aromatic ring is 1. The average Bonchev–Trinajstić information content (AvgIpc) is 2.47. The number of aromatic nitrogens is 1. The molecule has 2 aromatic rings. The fraction of sp³-hybridized carbons (Fsp3) is 0.0667. The molecule has 1 amide bonds. The second-order valence-electron chi connectivity index (χ2n) is 4.16. The summed E-state index contributed by atoms with van der Waals surface area (Å²) in [5.41, 5.74) is 7.35. The van der Waals surface area contributed by atoms with E-state index in [0.717, 1.165) is 5.56 Å². The smallest absolute Gasteiger partial charge is 0.244 e. The lowest BCUT2D eigenvalue weighted by Crippen LogP contribution is -2.20. The van der Waals surface area contributed by atoms with Crippen molar-refractivity contribution < 1.29 is 4.79 Å². The van der Waals surface area contributed by atoms with Gasteiger partial charge in [0.1, 0.15) is 5.82 Å². The Kier molecular flexibility index (Phi) is 4.74. The lowest BCUT2D eigenvalue weighted by atomic mass is 10.2. The van der Waals surface area contributed by atoms with E-state index >= 15 is 0 Å². The zero-order valence-corrected chi connectivity index (χ0v) is 11.5. The van der Waals surface area contributed by atoms with Gasteiger partial charge in [-0.25, -0.2) is 4.98 Å². The Morgan fingerprint density at radius 2 is 2.10 bits per heavy atom. The number of nitrogens with two attached hydrogens (primary N) is 1. The first-order chi connectivity index (χ1) is 9.65. The SMILES string of the molecule is Nc1ncc(Cl)cc1/C=C/C(=O)NCc1ccccc1. The molecule has 3 N–H and O–H groups in total. The van der Waals surface area contributed by atoms with Crippen LogP contribution in [-0.2, 0) is 11.3 Å². The van der Waals surface area contributed by atoms with E-state index in [0.29, 0.717) is 22.9 Å². The zero-order chi connectivity index (χ0) is 14.4. The van der Waals surface area contributed by atoms with Crippen LogP contribution in [0.3, 0.4) is 0 Å². The molecule has 0 saturated carbocycles. The molecule has 0 unspecified atom stereocenters. The van der Waals surface area contributed by atoms with Gasteiger partial charge >= 0.3 is 0 Å². The number of anilines is 1. The Labute approximate surface area is 122 Å². The summed E-state index contributed by atoms with van der Waals surface area (Å²) in [6.07, 6.45) is 4.46. The van der Waals surface area contributed by atoms with Gasteiger partial charge in [-0.2, -0.15) is 0 Å². The van der Waals surface area contributed by atoms with Crippen LogP contribution in [0.2, 0.25) is 5.02 Å². The van der Waals surface area contributed by atoms with Gasteiger partial charge in [-0.1, -0.05) is 41.9 Å². The van der Waals surface area contributed by atoms with Crippen LogP contribution in [0.5, 0.6) is 0 Å². The van der Waals surface area contributed by atoms with Gasteiger partial charge in [-0.05, 0) is 17.7 Å². The maximum atomic E-state index is 11.7. The summed E-state index contributed by atoms with van der Waals surface area (Å²) in [6.45, 7) is 0.479. The van der Waals surface area contributed by atoms with Gasteiger partial charge in [0.25, 0.3) is 0 Å². The highest BCUT2D eigenvalue weighted by Crippen LogP contribution is 2.16. The summed E-state index contributed by atoms with van der Waals surface area (Å²) in [7, 11) is 0. The molecule has 0 fully saturated rings. The van der Waals surface area contributed by atoms with Crippen LogP contribution in [-0.4, -0.2) is 10.9 Å². The van der Waals surface area contributed by atoms with Crippen molar-refractivity contribution >= 4 is 29.4 Å². The Balaban J connectivity index is 1.94. The normalized spacial score (nSPS) is 10.7. The fourth-order valence-electron chi connectivity index (χ4n) is 1.61. The Morgan fingerprint density at radius 1 is 1.35 bits per heavy atom. The molecule has 0 aliphatic carbocycles. The Hall–Kier alpha value is -2.33. The molecule has 5 heteroatoms. The third-order valence-electron chi connectivity index (χ3n) is 2.64. The van der Waals surface area contributed by atoms with Crippen LogP contribution >= 0.6 is 11.6 Å². The number of benzene rings is 1. The van der Waals surface area contributed by atoms with Gasteiger partial charge in [0.2, 0.25) is 5.91 Å². The molecule has 2 rings (SSSR count). The van der Waals surface area contributed by atoms with Crippen LogP contribution in [0, 0.1) is 0 Å². The number of hydrogen-bond donors (Lipinski definition) is 2. The van der Waals surface area contributed by atoms with Crippen molar-refractivity contribution in [3.05, 3.63) is 64.8 Å². The Morgan fingerprint density at radius 3 is 2.85 bits per heavy atom. The minimum Gasteiger partial charge on any atom is -0.383 e. The largest absolute Gasteiger partial charge is 0.383 e. The highest BCUT2D eigenvalue weighted by atomic mass is 35.5. The van der Waals surface area contributed by atoms with E-state index < -0.39 is 0 Å². The number of pyridine rings is 1. The summed E-state index contributed by atoms with van der Waals surface area (Å²) < 4.78 is 0. The molecule has 0 spiro atoms. The van der Waals surface area contributed by atoms with Crippen molar-refractivity contribution in [2.45, 2.75) is 6.54 Å². The topological polar surface area (TPSA) is 68.0 Å². The van der Waals surface area contributed by atoms with E-state index in [4.69, 9.17) is 17.3 Å². The summed E-state index contributed by atoms with van der Waals surface area (Å²) in [5, 5.41) is 3.26. The minimum atomic E-state index is -0.201. The molecule has 4 nitrogen and oxygen atoms in total. The quantitative estimate of drug-likeness (QED) is 0.850. The summed E-state index contributed by atoms with van der Waals surface area (Å²) in [6, 6.07) is 11.3. The average molecular weight is 288 g/mol. The molecule has 102 valence electrons. The van der Waals surface area contributed by atoms with Crippen LogP contribution in [0.25, 0.3) is 6.08 Å². The van der Waals surface area contributed by atoms with Crippen LogP contribution in [0.1, 0.15) is 11.1 Å². The molecule has 0 atom stereocenters. The van der Waals surface area contributed by atoms with Crippen molar-refractivity contribution in [1.82, 2.24) is 10.3 Å². The maximum Gasteiger partial charge on any atom is 0.244 e. The summed E-state index contributed by atoms with van der Waals surface area (Å²) >= 11 is 5.82. The minimum absolute atomic E-state index is 0.201. The lowest BCUT2D eigenvalue weighted by Gasteiger charge is -2.02. The fourth-order valence-corrected chi connectivity index (χ4v) is 1.77. The molecular weight excluding hydrogens is 274 g/mol. The van der Waals surface area contributed by atoms with Gasteiger partial charge in [0.05, 0.1) is 5.02 Å². The predicted octanol–water partition coefficient (Wildman–Crippen LogP) is 2.65. The van der Waals surface area contributed by atoms with E-state index in [1.807, 2.05) is 30.3 Å².